The van der Waals surface area contributed by atoms with Crippen LogP contribution in [-0.4, -0.2) is 30.2 Å². The van der Waals surface area contributed by atoms with Gasteiger partial charge in [-0.1, -0.05) is 13.8 Å². The summed E-state index contributed by atoms with van der Waals surface area (Å²) in [6.07, 6.45) is 2.24. The average molecular weight is 202 g/mol. The van der Waals surface area contributed by atoms with Crippen molar-refractivity contribution in [3.63, 3.8) is 0 Å². The van der Waals surface area contributed by atoms with Gasteiger partial charge in [-0.05, 0) is 25.2 Å². The fourth-order valence-electron chi connectivity index (χ4n) is 1.19. The number of rotatable bonds is 7. The van der Waals surface area contributed by atoms with E-state index in [2.05, 4.69) is 5.32 Å². The summed E-state index contributed by atoms with van der Waals surface area (Å²) in [5.74, 6) is 0.352. The van der Waals surface area contributed by atoms with Crippen molar-refractivity contribution in [1.82, 2.24) is 5.32 Å². The van der Waals surface area contributed by atoms with Crippen molar-refractivity contribution < 1.29 is 9.90 Å². The molecule has 84 valence electrons. The molecule has 0 aromatic carbocycles. The Kier molecular flexibility index (Phi) is 7.42. The van der Waals surface area contributed by atoms with E-state index in [1.807, 2.05) is 13.8 Å². The van der Waals surface area contributed by atoms with Gasteiger partial charge in [-0.3, -0.25) is 4.79 Å². The Hall–Kier alpha value is -0.610. The second-order valence-electron chi connectivity index (χ2n) is 3.96. The predicted octanol–water partition coefficient (Wildman–Crippen LogP) is 0.249. The lowest BCUT2D eigenvalue weighted by molar-refractivity contribution is -0.122. The van der Waals surface area contributed by atoms with Crippen LogP contribution in [0.25, 0.3) is 0 Å². The van der Waals surface area contributed by atoms with Crippen molar-refractivity contribution in [2.75, 3.05) is 13.2 Å². The Morgan fingerprint density at radius 2 is 2.07 bits per heavy atom. The SMILES string of the molecule is CC(C)CC(N)C(=O)NCCCCO. The van der Waals surface area contributed by atoms with Crippen LogP contribution in [0.5, 0.6) is 0 Å². The minimum absolute atomic E-state index is 0.0864. The first-order chi connectivity index (χ1) is 6.57. The number of aliphatic hydroxyl groups excluding tert-OH is 1. The number of hydrogen-bond donors (Lipinski definition) is 3. The molecule has 1 unspecified atom stereocenters. The fourth-order valence-corrected chi connectivity index (χ4v) is 1.19. The molecule has 0 saturated carbocycles. The van der Waals surface area contributed by atoms with Gasteiger partial charge in [0.25, 0.3) is 0 Å². The van der Waals surface area contributed by atoms with E-state index < -0.39 is 6.04 Å². The van der Waals surface area contributed by atoms with Crippen LogP contribution < -0.4 is 11.1 Å². The number of aliphatic hydroxyl groups is 1. The topological polar surface area (TPSA) is 75.4 Å². The molecule has 0 rings (SSSR count). The summed E-state index contributed by atoms with van der Waals surface area (Å²) in [5, 5.41) is 11.3. The Labute approximate surface area is 85.9 Å². The summed E-state index contributed by atoms with van der Waals surface area (Å²) in [5.41, 5.74) is 5.67. The van der Waals surface area contributed by atoms with E-state index in [4.69, 9.17) is 10.8 Å². The first kappa shape index (κ1) is 13.4. The second kappa shape index (κ2) is 7.76. The molecule has 0 aromatic rings. The second-order valence-corrected chi connectivity index (χ2v) is 3.96. The Balaban J connectivity index is 3.52. The molecule has 0 aliphatic heterocycles. The van der Waals surface area contributed by atoms with Crippen LogP contribution in [0.15, 0.2) is 0 Å². The van der Waals surface area contributed by atoms with Crippen molar-refractivity contribution in [3.05, 3.63) is 0 Å². The maximum absolute atomic E-state index is 11.3. The first-order valence-electron chi connectivity index (χ1n) is 5.22. The molecule has 4 nitrogen and oxygen atoms in total. The van der Waals surface area contributed by atoms with E-state index in [0.717, 1.165) is 12.8 Å². The number of nitrogens with two attached hydrogens (primary N) is 1. The third-order valence-corrected chi connectivity index (χ3v) is 1.95. The van der Waals surface area contributed by atoms with Gasteiger partial charge in [0.15, 0.2) is 0 Å². The third-order valence-electron chi connectivity index (χ3n) is 1.95. The predicted molar refractivity (Wildman–Crippen MR) is 56.8 cm³/mol. The maximum Gasteiger partial charge on any atom is 0.236 e. The van der Waals surface area contributed by atoms with Gasteiger partial charge in [-0.25, -0.2) is 0 Å². The summed E-state index contributed by atoms with van der Waals surface area (Å²) in [6.45, 7) is 4.86. The quantitative estimate of drug-likeness (QED) is 0.518. The fraction of sp³-hybridized carbons (Fsp3) is 0.900. The zero-order valence-corrected chi connectivity index (χ0v) is 9.12. The maximum atomic E-state index is 11.3. The summed E-state index contributed by atoms with van der Waals surface area (Å²) < 4.78 is 0. The van der Waals surface area contributed by atoms with Crippen molar-refractivity contribution in [2.24, 2.45) is 11.7 Å². The highest BCUT2D eigenvalue weighted by molar-refractivity contribution is 5.81. The summed E-state index contributed by atoms with van der Waals surface area (Å²) in [7, 11) is 0. The molecule has 4 heteroatoms. The van der Waals surface area contributed by atoms with Gasteiger partial charge in [-0.2, -0.15) is 0 Å². The number of carbonyl (C=O) groups excluding carboxylic acids is 1. The van der Waals surface area contributed by atoms with E-state index in [9.17, 15) is 4.79 Å². The van der Waals surface area contributed by atoms with Crippen molar-refractivity contribution in [1.29, 1.82) is 0 Å². The van der Waals surface area contributed by atoms with E-state index >= 15 is 0 Å². The lowest BCUT2D eigenvalue weighted by atomic mass is 10.0. The summed E-state index contributed by atoms with van der Waals surface area (Å²) in [4.78, 5) is 11.3. The van der Waals surface area contributed by atoms with Gasteiger partial charge in [0, 0.05) is 13.2 Å². The van der Waals surface area contributed by atoms with Gasteiger partial charge < -0.3 is 16.2 Å². The highest BCUT2D eigenvalue weighted by Crippen LogP contribution is 2.02. The van der Waals surface area contributed by atoms with Gasteiger partial charge in [-0.15, -0.1) is 0 Å². The van der Waals surface area contributed by atoms with E-state index in [1.165, 1.54) is 0 Å². The zero-order chi connectivity index (χ0) is 11.0. The van der Waals surface area contributed by atoms with Crippen molar-refractivity contribution in [3.8, 4) is 0 Å². The van der Waals surface area contributed by atoms with Crippen LogP contribution in [0.2, 0.25) is 0 Å². The molecule has 1 atom stereocenters. The molecule has 14 heavy (non-hydrogen) atoms. The largest absolute Gasteiger partial charge is 0.396 e. The molecule has 0 fully saturated rings. The molecule has 0 heterocycles. The van der Waals surface area contributed by atoms with Crippen molar-refractivity contribution >= 4 is 5.91 Å². The highest BCUT2D eigenvalue weighted by atomic mass is 16.2. The van der Waals surface area contributed by atoms with Gasteiger partial charge in [0.05, 0.1) is 6.04 Å². The van der Waals surface area contributed by atoms with E-state index in [0.29, 0.717) is 18.9 Å². The molecule has 0 aromatic heterocycles. The molecule has 0 spiro atoms. The smallest absolute Gasteiger partial charge is 0.236 e. The van der Waals surface area contributed by atoms with Crippen LogP contribution in [-0.2, 0) is 4.79 Å². The summed E-state index contributed by atoms with van der Waals surface area (Å²) in [6, 6.07) is -0.399. The first-order valence-corrected chi connectivity index (χ1v) is 5.22. The van der Waals surface area contributed by atoms with Crippen LogP contribution >= 0.6 is 0 Å². The third kappa shape index (κ3) is 6.86. The number of nitrogens with one attached hydrogen (secondary N) is 1. The number of carbonyl (C=O) groups is 1. The molecular formula is C10H22N2O2. The van der Waals surface area contributed by atoms with E-state index in [-0.39, 0.29) is 12.5 Å². The van der Waals surface area contributed by atoms with Gasteiger partial charge >= 0.3 is 0 Å². The molecule has 0 aliphatic carbocycles. The van der Waals surface area contributed by atoms with Crippen LogP contribution in [0.3, 0.4) is 0 Å². The van der Waals surface area contributed by atoms with Crippen LogP contribution in [0.4, 0.5) is 0 Å². The standard InChI is InChI=1S/C10H22N2O2/c1-8(2)7-9(11)10(14)12-5-3-4-6-13/h8-9,13H,3-7,11H2,1-2H3,(H,12,14). The monoisotopic (exact) mass is 202 g/mol. The zero-order valence-electron chi connectivity index (χ0n) is 9.12. The highest BCUT2D eigenvalue weighted by Gasteiger charge is 2.13. The molecule has 0 bridgehead atoms. The molecule has 0 saturated heterocycles. The van der Waals surface area contributed by atoms with Crippen molar-refractivity contribution in [2.45, 2.75) is 39.2 Å². The lowest BCUT2D eigenvalue weighted by Gasteiger charge is -2.13. The van der Waals surface area contributed by atoms with Crippen LogP contribution in [0.1, 0.15) is 33.1 Å². The lowest BCUT2D eigenvalue weighted by Crippen LogP contribution is -2.41. The van der Waals surface area contributed by atoms with Gasteiger partial charge in [0.1, 0.15) is 0 Å². The minimum atomic E-state index is -0.399. The number of unbranched alkanes of at least 4 members (excludes halogenated alkanes) is 1. The molecular weight excluding hydrogens is 180 g/mol. The van der Waals surface area contributed by atoms with E-state index in [1.54, 1.807) is 0 Å². The minimum Gasteiger partial charge on any atom is -0.396 e. The number of hydrogen-bond acceptors (Lipinski definition) is 3. The number of amides is 1. The Morgan fingerprint density at radius 1 is 1.43 bits per heavy atom. The molecule has 1 amide bonds. The van der Waals surface area contributed by atoms with Gasteiger partial charge in [0.2, 0.25) is 5.91 Å². The Bertz CT molecular complexity index is 160. The molecule has 0 radical (unpaired) electrons. The summed E-state index contributed by atoms with van der Waals surface area (Å²) >= 11 is 0. The Morgan fingerprint density at radius 3 is 2.57 bits per heavy atom. The molecule has 0 aliphatic rings. The normalized spacial score (nSPS) is 12.9. The molecule has 4 N–H and O–H groups in total. The van der Waals surface area contributed by atoms with Crippen LogP contribution in [0, 0.1) is 5.92 Å². The average Bonchev–Trinajstić information content (AvgIpc) is 2.11.